The number of benzene rings is 1. The Morgan fingerprint density at radius 2 is 2.06 bits per heavy atom. The predicted molar refractivity (Wildman–Crippen MR) is 66.5 cm³/mol. The predicted octanol–water partition coefficient (Wildman–Crippen LogP) is 1.57. The van der Waals surface area contributed by atoms with E-state index in [0.29, 0.717) is 5.56 Å². The van der Waals surface area contributed by atoms with Crippen LogP contribution in [0.25, 0.3) is 12.0 Å². The van der Waals surface area contributed by atoms with Crippen LogP contribution >= 0.6 is 11.3 Å². The SMILES string of the molecule is Cc1csc[n+]1/C=C(\[O-])c1ccc([N+](=O)[O-])cc1. The number of hydrogen-bond donors (Lipinski definition) is 0. The molecule has 0 fully saturated rings. The van der Waals surface area contributed by atoms with Gasteiger partial charge in [0.15, 0.2) is 11.9 Å². The lowest BCUT2D eigenvalue weighted by molar-refractivity contribution is -0.571. The minimum atomic E-state index is -0.490. The first kappa shape index (κ1) is 12.3. The van der Waals surface area contributed by atoms with Gasteiger partial charge in [-0.15, -0.1) is 0 Å². The largest absolute Gasteiger partial charge is 0.868 e. The van der Waals surface area contributed by atoms with Crippen molar-refractivity contribution < 1.29 is 14.6 Å². The summed E-state index contributed by atoms with van der Waals surface area (Å²) in [6.45, 7) is 1.90. The van der Waals surface area contributed by atoms with Crippen LogP contribution in [0.15, 0.2) is 35.2 Å². The summed E-state index contributed by atoms with van der Waals surface area (Å²) in [5, 5.41) is 24.3. The van der Waals surface area contributed by atoms with Crippen LogP contribution in [0, 0.1) is 17.0 Å². The number of aryl methyl sites for hydroxylation is 1. The fourth-order valence-electron chi connectivity index (χ4n) is 1.42. The average Bonchev–Trinajstić information content (AvgIpc) is 2.75. The quantitative estimate of drug-likeness (QED) is 0.365. The van der Waals surface area contributed by atoms with Gasteiger partial charge in [0, 0.05) is 19.1 Å². The summed E-state index contributed by atoms with van der Waals surface area (Å²) in [7, 11) is 0. The second-order valence-electron chi connectivity index (χ2n) is 3.71. The zero-order valence-corrected chi connectivity index (χ0v) is 10.4. The molecule has 2 rings (SSSR count). The van der Waals surface area contributed by atoms with Crippen molar-refractivity contribution in [3.05, 3.63) is 56.5 Å². The van der Waals surface area contributed by atoms with Gasteiger partial charge in [0.25, 0.3) is 5.69 Å². The van der Waals surface area contributed by atoms with E-state index in [1.807, 2.05) is 17.8 Å². The maximum Gasteiger partial charge on any atom is 0.269 e. The molecule has 1 aromatic heterocycles. The fourth-order valence-corrected chi connectivity index (χ4v) is 2.16. The van der Waals surface area contributed by atoms with E-state index in [4.69, 9.17) is 0 Å². The average molecular weight is 262 g/mol. The molecular formula is C12H10N2O3S. The van der Waals surface area contributed by atoms with Gasteiger partial charge in [0.2, 0.25) is 5.51 Å². The molecule has 0 aliphatic heterocycles. The van der Waals surface area contributed by atoms with Gasteiger partial charge in [-0.25, -0.2) is 0 Å². The molecule has 0 amide bonds. The van der Waals surface area contributed by atoms with Crippen molar-refractivity contribution in [1.82, 2.24) is 0 Å². The van der Waals surface area contributed by atoms with Crippen LogP contribution in [0.1, 0.15) is 11.3 Å². The highest BCUT2D eigenvalue weighted by atomic mass is 32.1. The number of thiazole rings is 1. The van der Waals surface area contributed by atoms with Crippen LogP contribution in [0.3, 0.4) is 0 Å². The fraction of sp³-hybridized carbons (Fsp3) is 0.0833. The molecule has 0 unspecified atom stereocenters. The number of nitro groups is 1. The number of hydrogen-bond acceptors (Lipinski definition) is 4. The highest BCUT2D eigenvalue weighted by Crippen LogP contribution is 2.15. The summed E-state index contributed by atoms with van der Waals surface area (Å²) < 4.78 is 1.73. The standard InChI is InChI=1S/C12H10N2O3S/c1-9-7-18-8-13(9)6-12(15)10-2-4-11(5-3-10)14(16)17/h2-8H,1H3/b12-6-. The van der Waals surface area contributed by atoms with Gasteiger partial charge in [-0.1, -0.05) is 11.3 Å². The van der Waals surface area contributed by atoms with Gasteiger partial charge < -0.3 is 5.11 Å². The second kappa shape index (κ2) is 4.97. The smallest absolute Gasteiger partial charge is 0.269 e. The molecule has 0 saturated carbocycles. The number of aromatic nitrogens is 1. The number of nitrogens with zero attached hydrogens (tertiary/aromatic N) is 2. The first-order chi connectivity index (χ1) is 8.58. The molecule has 0 bridgehead atoms. The molecule has 0 N–H and O–H groups in total. The van der Waals surface area contributed by atoms with Gasteiger partial charge in [-0.05, 0) is 23.5 Å². The molecule has 2 aromatic rings. The molecule has 0 aliphatic rings. The zero-order chi connectivity index (χ0) is 13.1. The molecule has 1 heterocycles. The van der Waals surface area contributed by atoms with E-state index in [1.54, 1.807) is 4.57 Å². The van der Waals surface area contributed by atoms with E-state index in [0.717, 1.165) is 5.69 Å². The molecule has 92 valence electrons. The summed E-state index contributed by atoms with van der Waals surface area (Å²) in [6, 6.07) is 5.57. The van der Waals surface area contributed by atoms with Crippen LogP contribution in [0.5, 0.6) is 0 Å². The summed E-state index contributed by atoms with van der Waals surface area (Å²) in [6.07, 6.45) is 1.47. The van der Waals surface area contributed by atoms with Crippen molar-refractivity contribution in [2.75, 3.05) is 0 Å². The normalized spacial score (nSPS) is 11.5. The van der Waals surface area contributed by atoms with Crippen LogP contribution in [0.4, 0.5) is 5.69 Å². The second-order valence-corrected chi connectivity index (χ2v) is 4.42. The van der Waals surface area contributed by atoms with Crippen LogP contribution in [0.2, 0.25) is 0 Å². The van der Waals surface area contributed by atoms with Crippen molar-refractivity contribution in [2.45, 2.75) is 6.92 Å². The van der Waals surface area contributed by atoms with E-state index in [9.17, 15) is 15.2 Å². The van der Waals surface area contributed by atoms with Gasteiger partial charge >= 0.3 is 0 Å². The monoisotopic (exact) mass is 262 g/mol. The molecule has 0 aliphatic carbocycles. The van der Waals surface area contributed by atoms with E-state index >= 15 is 0 Å². The first-order valence-electron chi connectivity index (χ1n) is 5.15. The maximum absolute atomic E-state index is 11.9. The lowest BCUT2D eigenvalue weighted by atomic mass is 10.2. The van der Waals surface area contributed by atoms with Crippen LogP contribution in [-0.2, 0) is 0 Å². The van der Waals surface area contributed by atoms with E-state index in [1.165, 1.54) is 41.8 Å². The Bertz CT molecular complexity index is 602. The third-order valence-electron chi connectivity index (χ3n) is 2.44. The van der Waals surface area contributed by atoms with Gasteiger partial charge in [0.1, 0.15) is 0 Å². The van der Waals surface area contributed by atoms with Crippen molar-refractivity contribution in [2.24, 2.45) is 0 Å². The van der Waals surface area contributed by atoms with E-state index in [2.05, 4.69) is 0 Å². The lowest BCUT2D eigenvalue weighted by Crippen LogP contribution is -2.27. The first-order valence-corrected chi connectivity index (χ1v) is 6.10. The highest BCUT2D eigenvalue weighted by Gasteiger charge is 2.06. The van der Waals surface area contributed by atoms with Gasteiger partial charge in [-0.3, -0.25) is 10.1 Å². The minimum Gasteiger partial charge on any atom is -0.868 e. The highest BCUT2D eigenvalue weighted by molar-refractivity contribution is 7.07. The zero-order valence-electron chi connectivity index (χ0n) is 9.57. The van der Waals surface area contributed by atoms with Crippen molar-refractivity contribution in [3.63, 3.8) is 0 Å². The number of rotatable bonds is 3. The Hall–Kier alpha value is -2.21. The van der Waals surface area contributed by atoms with Crippen molar-refractivity contribution in [3.8, 4) is 0 Å². The molecular weight excluding hydrogens is 252 g/mol. The summed E-state index contributed by atoms with van der Waals surface area (Å²) in [5.74, 6) is -0.184. The van der Waals surface area contributed by atoms with E-state index in [-0.39, 0.29) is 11.4 Å². The van der Waals surface area contributed by atoms with Crippen LogP contribution in [-0.4, -0.2) is 4.92 Å². The van der Waals surface area contributed by atoms with Crippen LogP contribution < -0.4 is 9.67 Å². The molecule has 1 aromatic carbocycles. The maximum atomic E-state index is 11.9. The minimum absolute atomic E-state index is 0.0223. The Labute approximate surface area is 107 Å². The molecule has 0 atom stereocenters. The Balaban J connectivity index is 2.29. The Kier molecular flexibility index (Phi) is 3.38. The van der Waals surface area contributed by atoms with E-state index < -0.39 is 4.92 Å². The molecule has 18 heavy (non-hydrogen) atoms. The molecule has 6 heteroatoms. The summed E-state index contributed by atoms with van der Waals surface area (Å²) >= 11 is 1.50. The van der Waals surface area contributed by atoms with Gasteiger partial charge in [0.05, 0.1) is 10.3 Å². The summed E-state index contributed by atoms with van der Waals surface area (Å²) in [5.41, 5.74) is 3.19. The Morgan fingerprint density at radius 3 is 2.56 bits per heavy atom. The van der Waals surface area contributed by atoms with Crippen molar-refractivity contribution in [1.29, 1.82) is 0 Å². The molecule has 0 radical (unpaired) electrons. The number of non-ortho nitro benzene ring substituents is 1. The van der Waals surface area contributed by atoms with Gasteiger partial charge in [-0.2, -0.15) is 4.57 Å². The number of nitro benzene ring substituents is 1. The molecule has 0 spiro atoms. The molecule has 0 saturated heterocycles. The summed E-state index contributed by atoms with van der Waals surface area (Å²) in [4.78, 5) is 10.0. The lowest BCUT2D eigenvalue weighted by Gasteiger charge is -2.08. The molecule has 5 nitrogen and oxygen atoms in total. The topological polar surface area (TPSA) is 70.1 Å². The van der Waals surface area contributed by atoms with Crippen molar-refractivity contribution >= 4 is 29.0 Å². The third-order valence-corrected chi connectivity index (χ3v) is 3.27. The Morgan fingerprint density at radius 1 is 1.39 bits per heavy atom. The third kappa shape index (κ3) is 2.54.